The first kappa shape index (κ1) is 17.9. The maximum absolute atomic E-state index is 9.45. The van der Waals surface area contributed by atoms with Gasteiger partial charge in [0.15, 0.2) is 0 Å². The van der Waals surface area contributed by atoms with Gasteiger partial charge in [-0.25, -0.2) is 0 Å². The number of nitrogens with zero attached hydrogens (tertiary/aromatic N) is 1. The molecule has 1 fully saturated rings. The van der Waals surface area contributed by atoms with E-state index in [1.54, 1.807) is 0 Å². The molecule has 20 heavy (non-hydrogen) atoms. The summed E-state index contributed by atoms with van der Waals surface area (Å²) >= 11 is 0. The molecule has 1 atom stereocenters. The molecule has 0 spiro atoms. The first-order chi connectivity index (χ1) is 9.58. The van der Waals surface area contributed by atoms with Crippen molar-refractivity contribution in [3.8, 4) is 0 Å². The molecule has 0 saturated heterocycles. The summed E-state index contributed by atoms with van der Waals surface area (Å²) in [4.78, 5) is 2.44. The Hall–Kier alpha value is -0.120. The second-order valence-corrected chi connectivity index (χ2v) is 6.97. The Morgan fingerprint density at radius 1 is 1.20 bits per heavy atom. The molecule has 0 heterocycles. The van der Waals surface area contributed by atoms with Gasteiger partial charge in [-0.1, -0.05) is 32.6 Å². The van der Waals surface area contributed by atoms with Crippen LogP contribution in [0.25, 0.3) is 0 Å². The molecule has 1 saturated carbocycles. The molecule has 0 amide bonds. The van der Waals surface area contributed by atoms with E-state index in [0.29, 0.717) is 5.41 Å². The molecule has 2 N–H and O–H groups in total. The molecular formula is C17H36N2O. The SMILES string of the molecule is CCCNCC1(CN(C)CCC(C)O)CCCCCC1. The lowest BCUT2D eigenvalue weighted by molar-refractivity contribution is 0.121. The third kappa shape index (κ3) is 7.05. The Balaban J connectivity index is 2.51. The molecule has 0 aromatic rings. The second-order valence-electron chi connectivity index (χ2n) is 6.97. The minimum Gasteiger partial charge on any atom is -0.393 e. The normalized spacial score (nSPS) is 20.9. The fourth-order valence-electron chi connectivity index (χ4n) is 3.46. The van der Waals surface area contributed by atoms with Gasteiger partial charge < -0.3 is 15.3 Å². The van der Waals surface area contributed by atoms with Crippen molar-refractivity contribution in [1.82, 2.24) is 10.2 Å². The Kier molecular flexibility index (Phi) is 8.74. The Morgan fingerprint density at radius 3 is 2.40 bits per heavy atom. The molecule has 1 unspecified atom stereocenters. The van der Waals surface area contributed by atoms with Crippen molar-refractivity contribution >= 4 is 0 Å². The lowest BCUT2D eigenvalue weighted by atomic mass is 9.79. The highest BCUT2D eigenvalue weighted by atomic mass is 16.3. The highest BCUT2D eigenvalue weighted by Gasteiger charge is 2.31. The number of rotatable bonds is 9. The van der Waals surface area contributed by atoms with E-state index in [1.807, 2.05) is 6.92 Å². The summed E-state index contributed by atoms with van der Waals surface area (Å²) in [6.45, 7) is 8.61. The standard InChI is InChI=1S/C17H36N2O/c1-4-12-18-14-17(10-7-5-6-8-11-17)15-19(3)13-9-16(2)20/h16,18,20H,4-15H2,1-3H3. The Bertz CT molecular complexity index is 235. The number of aliphatic hydroxyl groups is 1. The highest BCUT2D eigenvalue weighted by molar-refractivity contribution is 4.86. The van der Waals surface area contributed by atoms with E-state index in [0.717, 1.165) is 19.5 Å². The minimum absolute atomic E-state index is 0.180. The van der Waals surface area contributed by atoms with E-state index >= 15 is 0 Å². The van der Waals surface area contributed by atoms with Gasteiger partial charge in [0, 0.05) is 19.6 Å². The maximum atomic E-state index is 9.45. The van der Waals surface area contributed by atoms with Gasteiger partial charge in [0.25, 0.3) is 0 Å². The van der Waals surface area contributed by atoms with Gasteiger partial charge >= 0.3 is 0 Å². The topological polar surface area (TPSA) is 35.5 Å². The molecule has 0 radical (unpaired) electrons. The lowest BCUT2D eigenvalue weighted by Gasteiger charge is -2.37. The van der Waals surface area contributed by atoms with E-state index in [1.165, 1.54) is 58.0 Å². The van der Waals surface area contributed by atoms with Crippen molar-refractivity contribution in [3.05, 3.63) is 0 Å². The molecule has 0 aromatic carbocycles. The monoisotopic (exact) mass is 284 g/mol. The number of hydrogen-bond donors (Lipinski definition) is 2. The van der Waals surface area contributed by atoms with Gasteiger partial charge in [-0.2, -0.15) is 0 Å². The smallest absolute Gasteiger partial charge is 0.0524 e. The van der Waals surface area contributed by atoms with Crippen LogP contribution in [0.15, 0.2) is 0 Å². The summed E-state index contributed by atoms with van der Waals surface area (Å²) in [5.74, 6) is 0. The zero-order valence-electron chi connectivity index (χ0n) is 14.0. The summed E-state index contributed by atoms with van der Waals surface area (Å²) in [7, 11) is 2.22. The summed E-state index contributed by atoms with van der Waals surface area (Å²) < 4.78 is 0. The van der Waals surface area contributed by atoms with E-state index in [-0.39, 0.29) is 6.10 Å². The summed E-state index contributed by atoms with van der Waals surface area (Å²) in [6, 6.07) is 0. The van der Waals surface area contributed by atoms with Crippen molar-refractivity contribution in [3.63, 3.8) is 0 Å². The third-order valence-electron chi connectivity index (χ3n) is 4.62. The highest BCUT2D eigenvalue weighted by Crippen LogP contribution is 2.35. The molecular weight excluding hydrogens is 248 g/mol. The van der Waals surface area contributed by atoms with Crippen molar-refractivity contribution in [2.75, 3.05) is 33.2 Å². The van der Waals surface area contributed by atoms with Crippen molar-refractivity contribution in [2.24, 2.45) is 5.41 Å². The molecule has 0 bridgehead atoms. The molecule has 3 nitrogen and oxygen atoms in total. The van der Waals surface area contributed by atoms with Crippen LogP contribution < -0.4 is 5.32 Å². The van der Waals surface area contributed by atoms with Crippen molar-refractivity contribution in [1.29, 1.82) is 0 Å². The van der Waals surface area contributed by atoms with Crippen LogP contribution >= 0.6 is 0 Å². The Morgan fingerprint density at radius 2 is 1.85 bits per heavy atom. The average molecular weight is 284 g/mol. The van der Waals surface area contributed by atoms with E-state index < -0.39 is 0 Å². The van der Waals surface area contributed by atoms with Gasteiger partial charge in [-0.15, -0.1) is 0 Å². The zero-order valence-corrected chi connectivity index (χ0v) is 14.0. The van der Waals surface area contributed by atoms with E-state index in [4.69, 9.17) is 0 Å². The van der Waals surface area contributed by atoms with Crippen molar-refractivity contribution in [2.45, 2.75) is 71.3 Å². The molecule has 1 aliphatic rings. The van der Waals surface area contributed by atoms with Gasteiger partial charge in [-0.05, 0) is 51.6 Å². The zero-order chi connectivity index (χ0) is 14.8. The first-order valence-corrected chi connectivity index (χ1v) is 8.65. The fraction of sp³-hybridized carbons (Fsp3) is 1.00. The number of nitrogens with one attached hydrogen (secondary N) is 1. The van der Waals surface area contributed by atoms with Gasteiger partial charge in [-0.3, -0.25) is 0 Å². The first-order valence-electron chi connectivity index (χ1n) is 8.65. The van der Waals surface area contributed by atoms with Crippen molar-refractivity contribution < 1.29 is 5.11 Å². The van der Waals surface area contributed by atoms with Gasteiger partial charge in [0.05, 0.1) is 6.10 Å². The average Bonchev–Trinajstić information content (AvgIpc) is 2.63. The third-order valence-corrected chi connectivity index (χ3v) is 4.62. The van der Waals surface area contributed by atoms with Crippen LogP contribution in [0.5, 0.6) is 0 Å². The van der Waals surface area contributed by atoms with E-state index in [9.17, 15) is 5.11 Å². The fourth-order valence-corrected chi connectivity index (χ4v) is 3.46. The largest absolute Gasteiger partial charge is 0.393 e. The summed E-state index contributed by atoms with van der Waals surface area (Å²) in [5.41, 5.74) is 0.457. The lowest BCUT2D eigenvalue weighted by Crippen LogP contribution is -2.43. The minimum atomic E-state index is -0.180. The van der Waals surface area contributed by atoms with Crippen LogP contribution in [-0.2, 0) is 0 Å². The number of hydrogen-bond acceptors (Lipinski definition) is 3. The Labute approximate surface area is 126 Å². The van der Waals surface area contributed by atoms with Crippen LogP contribution in [-0.4, -0.2) is 49.3 Å². The van der Waals surface area contributed by atoms with Gasteiger partial charge in [0.2, 0.25) is 0 Å². The predicted molar refractivity (Wildman–Crippen MR) is 87.1 cm³/mol. The van der Waals surface area contributed by atoms with E-state index in [2.05, 4.69) is 24.2 Å². The van der Waals surface area contributed by atoms with Gasteiger partial charge in [0.1, 0.15) is 0 Å². The van der Waals surface area contributed by atoms with Crippen LogP contribution in [0.1, 0.15) is 65.2 Å². The summed E-state index contributed by atoms with van der Waals surface area (Å²) in [5, 5.41) is 13.1. The quantitative estimate of drug-likeness (QED) is 0.504. The number of aliphatic hydroxyl groups excluding tert-OH is 1. The maximum Gasteiger partial charge on any atom is 0.0524 e. The molecule has 0 aromatic heterocycles. The second kappa shape index (κ2) is 9.75. The van der Waals surface area contributed by atoms with Crippen LogP contribution in [0.2, 0.25) is 0 Å². The van der Waals surface area contributed by atoms with Crippen LogP contribution in [0, 0.1) is 5.41 Å². The predicted octanol–water partition coefficient (Wildman–Crippen LogP) is 3.03. The molecule has 3 heteroatoms. The van der Waals surface area contributed by atoms with Crippen LogP contribution in [0.3, 0.4) is 0 Å². The summed E-state index contributed by atoms with van der Waals surface area (Å²) in [6.07, 6.45) is 10.2. The molecule has 1 aliphatic carbocycles. The molecule has 1 rings (SSSR count). The molecule has 0 aliphatic heterocycles. The van der Waals surface area contributed by atoms with Crippen LogP contribution in [0.4, 0.5) is 0 Å². The molecule has 120 valence electrons.